The van der Waals surface area contributed by atoms with Gasteiger partial charge in [-0.15, -0.1) is 0 Å². The molecule has 0 bridgehead atoms. The minimum atomic E-state index is -3.74. The first-order chi connectivity index (χ1) is 12.8. The molecule has 2 fully saturated rings. The van der Waals surface area contributed by atoms with Gasteiger partial charge in [0.25, 0.3) is 10.1 Å². The summed E-state index contributed by atoms with van der Waals surface area (Å²) in [5, 5.41) is 0. The van der Waals surface area contributed by atoms with Gasteiger partial charge >= 0.3 is 6.09 Å². The van der Waals surface area contributed by atoms with Crippen LogP contribution in [0.2, 0.25) is 0 Å². The van der Waals surface area contributed by atoms with Crippen LogP contribution < -0.4 is 0 Å². The van der Waals surface area contributed by atoms with Crippen molar-refractivity contribution in [1.82, 2.24) is 4.90 Å². The van der Waals surface area contributed by atoms with E-state index in [0.29, 0.717) is 0 Å². The van der Waals surface area contributed by atoms with Crippen molar-refractivity contribution in [2.75, 3.05) is 33.6 Å². The zero-order valence-electron chi connectivity index (χ0n) is 15.4. The van der Waals surface area contributed by atoms with Gasteiger partial charge in [0.15, 0.2) is 0 Å². The van der Waals surface area contributed by atoms with Crippen molar-refractivity contribution in [2.45, 2.75) is 30.6 Å². The molecular weight excluding hydrogens is 378 g/mol. The lowest BCUT2D eigenvalue weighted by molar-refractivity contribution is -0.224. The Kier molecular flexibility index (Phi) is 5.73. The average molecular weight is 401 g/mol. The summed E-state index contributed by atoms with van der Waals surface area (Å²) in [5.41, 5.74) is 0.831. The summed E-state index contributed by atoms with van der Waals surface area (Å²) in [6.45, 7) is 0.0882. The highest BCUT2D eigenvalue weighted by atomic mass is 32.2. The molecule has 9 nitrogen and oxygen atoms in total. The number of carbonyl (C=O) groups is 1. The molecule has 3 rings (SSSR count). The van der Waals surface area contributed by atoms with Crippen LogP contribution in [-0.4, -0.2) is 77.1 Å². The number of likely N-dealkylation sites (tertiary alicyclic amines) is 1. The summed E-state index contributed by atoms with van der Waals surface area (Å²) in [5.74, 6) is -1.23. The maximum atomic E-state index is 12.7. The van der Waals surface area contributed by atoms with Crippen LogP contribution in [0.15, 0.2) is 30.3 Å². The second-order valence-electron chi connectivity index (χ2n) is 6.47. The Bertz CT molecular complexity index is 764. The average Bonchev–Trinajstić information content (AvgIpc) is 3.19. The van der Waals surface area contributed by atoms with E-state index in [1.54, 1.807) is 0 Å². The molecule has 2 aliphatic heterocycles. The van der Waals surface area contributed by atoms with E-state index in [1.165, 1.54) is 19.1 Å². The Morgan fingerprint density at radius 1 is 1.26 bits per heavy atom. The molecule has 0 aromatic heterocycles. The number of hydrogen-bond acceptors (Lipinski definition) is 8. The largest absolute Gasteiger partial charge is 0.445 e. The van der Waals surface area contributed by atoms with Crippen molar-refractivity contribution in [3.05, 3.63) is 35.9 Å². The fourth-order valence-corrected chi connectivity index (χ4v) is 4.14. The van der Waals surface area contributed by atoms with Gasteiger partial charge in [0, 0.05) is 14.2 Å². The van der Waals surface area contributed by atoms with E-state index < -0.39 is 40.2 Å². The maximum absolute atomic E-state index is 12.7. The maximum Gasteiger partial charge on any atom is 0.410 e. The molecule has 0 saturated carbocycles. The van der Waals surface area contributed by atoms with Crippen molar-refractivity contribution < 1.29 is 36.3 Å². The Morgan fingerprint density at radius 3 is 2.52 bits per heavy atom. The topological polar surface area (TPSA) is 101 Å². The normalized spacial score (nSPS) is 26.8. The standard InChI is InChI=1S/C17H23NO8S/c1-22-17(23-2)11-25-14-13(26-27(3,20)21)9-18(15(14)17)16(19)24-10-12-7-5-4-6-8-12/h4-8,13-15H,9-11H2,1-3H3/t13-,14?,15+/m1/s1. The van der Waals surface area contributed by atoms with Crippen LogP contribution in [0.4, 0.5) is 4.79 Å². The van der Waals surface area contributed by atoms with Crippen LogP contribution in [0.3, 0.4) is 0 Å². The fraction of sp³-hybridized carbons (Fsp3) is 0.588. The Labute approximate surface area is 158 Å². The number of benzene rings is 1. The van der Waals surface area contributed by atoms with Gasteiger partial charge in [0.1, 0.15) is 31.5 Å². The molecule has 1 aromatic rings. The molecule has 27 heavy (non-hydrogen) atoms. The summed E-state index contributed by atoms with van der Waals surface area (Å²) < 4.78 is 50.3. The van der Waals surface area contributed by atoms with Crippen LogP contribution in [-0.2, 0) is 39.9 Å². The Balaban J connectivity index is 1.80. The monoisotopic (exact) mass is 401 g/mol. The molecule has 3 atom stereocenters. The van der Waals surface area contributed by atoms with Crippen molar-refractivity contribution >= 4 is 16.2 Å². The molecule has 1 aromatic carbocycles. The number of nitrogens with zero attached hydrogens (tertiary/aromatic N) is 1. The third kappa shape index (κ3) is 4.09. The van der Waals surface area contributed by atoms with Gasteiger partial charge in [-0.05, 0) is 5.56 Å². The smallest absolute Gasteiger partial charge is 0.410 e. The highest BCUT2D eigenvalue weighted by molar-refractivity contribution is 7.86. The third-order valence-corrected chi connectivity index (χ3v) is 5.34. The molecule has 1 amide bonds. The lowest BCUT2D eigenvalue weighted by Gasteiger charge is -2.35. The lowest BCUT2D eigenvalue weighted by atomic mass is 10.1. The number of fused-ring (bicyclic) bond motifs is 1. The van der Waals surface area contributed by atoms with Gasteiger partial charge in [-0.2, -0.15) is 8.42 Å². The summed E-state index contributed by atoms with van der Waals surface area (Å²) in [7, 11) is -0.866. The van der Waals surface area contributed by atoms with Gasteiger partial charge in [0.2, 0.25) is 5.79 Å². The van der Waals surface area contributed by atoms with E-state index in [9.17, 15) is 13.2 Å². The summed E-state index contributed by atoms with van der Waals surface area (Å²) in [4.78, 5) is 14.1. The molecule has 10 heteroatoms. The molecule has 0 N–H and O–H groups in total. The van der Waals surface area contributed by atoms with Gasteiger partial charge in [0.05, 0.1) is 12.8 Å². The van der Waals surface area contributed by atoms with E-state index in [-0.39, 0.29) is 19.8 Å². The van der Waals surface area contributed by atoms with Gasteiger partial charge in [-0.1, -0.05) is 30.3 Å². The van der Waals surface area contributed by atoms with E-state index >= 15 is 0 Å². The zero-order chi connectivity index (χ0) is 19.7. The minimum absolute atomic E-state index is 0.0233. The molecule has 150 valence electrons. The minimum Gasteiger partial charge on any atom is -0.445 e. The summed E-state index contributed by atoms with van der Waals surface area (Å²) in [6, 6.07) is 8.52. The SMILES string of the molecule is COC1(OC)COC2[C@@H]1N(C(=O)OCc1ccccc1)C[C@H]2OS(C)(=O)=O. The number of amides is 1. The van der Waals surface area contributed by atoms with E-state index in [1.807, 2.05) is 30.3 Å². The molecule has 2 aliphatic rings. The van der Waals surface area contributed by atoms with E-state index in [4.69, 9.17) is 23.1 Å². The van der Waals surface area contributed by atoms with Crippen molar-refractivity contribution in [1.29, 1.82) is 0 Å². The number of carbonyl (C=O) groups excluding carboxylic acids is 1. The first kappa shape index (κ1) is 20.0. The Hall–Kier alpha value is -1.72. The van der Waals surface area contributed by atoms with Crippen molar-refractivity contribution in [3.63, 3.8) is 0 Å². The van der Waals surface area contributed by atoms with Crippen LogP contribution in [0.1, 0.15) is 5.56 Å². The Morgan fingerprint density at radius 2 is 1.93 bits per heavy atom. The van der Waals surface area contributed by atoms with Crippen LogP contribution in [0.5, 0.6) is 0 Å². The molecule has 0 radical (unpaired) electrons. The second kappa shape index (κ2) is 7.72. The number of methoxy groups -OCH3 is 2. The first-order valence-electron chi connectivity index (χ1n) is 8.37. The third-order valence-electron chi connectivity index (χ3n) is 4.75. The van der Waals surface area contributed by atoms with E-state index in [2.05, 4.69) is 0 Å². The quantitative estimate of drug-likeness (QED) is 0.508. The van der Waals surface area contributed by atoms with Gasteiger partial charge < -0.3 is 18.9 Å². The van der Waals surface area contributed by atoms with Crippen LogP contribution >= 0.6 is 0 Å². The van der Waals surface area contributed by atoms with Crippen LogP contribution in [0, 0.1) is 0 Å². The number of ether oxygens (including phenoxy) is 4. The molecule has 2 heterocycles. The lowest BCUT2D eigenvalue weighted by Crippen LogP contribution is -2.55. The first-order valence-corrected chi connectivity index (χ1v) is 10.2. The second-order valence-corrected chi connectivity index (χ2v) is 8.07. The molecular formula is C17H23NO8S. The van der Waals surface area contributed by atoms with E-state index in [0.717, 1.165) is 11.8 Å². The van der Waals surface area contributed by atoms with Gasteiger partial charge in [-0.25, -0.2) is 4.79 Å². The highest BCUT2D eigenvalue weighted by Gasteiger charge is 2.63. The molecule has 1 unspecified atom stereocenters. The van der Waals surface area contributed by atoms with Crippen molar-refractivity contribution in [3.8, 4) is 0 Å². The predicted octanol–water partition coefficient (Wildman–Crippen LogP) is 0.740. The van der Waals surface area contributed by atoms with Crippen molar-refractivity contribution in [2.24, 2.45) is 0 Å². The summed E-state index contributed by atoms with van der Waals surface area (Å²) in [6.07, 6.45) is -1.27. The van der Waals surface area contributed by atoms with Gasteiger partial charge in [-0.3, -0.25) is 9.08 Å². The zero-order valence-corrected chi connectivity index (χ0v) is 16.2. The summed E-state index contributed by atoms with van der Waals surface area (Å²) >= 11 is 0. The molecule has 0 aliphatic carbocycles. The fourth-order valence-electron chi connectivity index (χ4n) is 3.52. The predicted molar refractivity (Wildman–Crippen MR) is 93.3 cm³/mol. The van der Waals surface area contributed by atoms with Crippen LogP contribution in [0.25, 0.3) is 0 Å². The number of rotatable bonds is 6. The molecule has 0 spiro atoms. The number of hydrogen-bond donors (Lipinski definition) is 0. The highest BCUT2D eigenvalue weighted by Crippen LogP contribution is 2.40. The molecule has 2 saturated heterocycles.